The Morgan fingerprint density at radius 2 is 1.83 bits per heavy atom. The fraction of sp³-hybridized carbons (Fsp3) is 0.316. The Balaban J connectivity index is 1.80. The lowest BCUT2D eigenvalue weighted by atomic mass is 9.85. The van der Waals surface area contributed by atoms with Crippen molar-refractivity contribution < 1.29 is 4.39 Å². The average Bonchev–Trinajstić information content (AvgIpc) is 2.97. The van der Waals surface area contributed by atoms with E-state index in [1.807, 2.05) is 6.07 Å². The topological polar surface area (TPSA) is 24.1 Å². The van der Waals surface area contributed by atoms with Crippen LogP contribution in [0.2, 0.25) is 0 Å². The minimum Gasteiger partial charge on any atom is -0.353 e. The van der Waals surface area contributed by atoms with E-state index < -0.39 is 0 Å². The molecule has 0 aromatic heterocycles. The minimum atomic E-state index is -0.271. The van der Waals surface area contributed by atoms with Crippen LogP contribution in [-0.4, -0.2) is 5.11 Å². The summed E-state index contributed by atoms with van der Waals surface area (Å²) in [5.41, 5.74) is 3.12. The van der Waals surface area contributed by atoms with Gasteiger partial charge >= 0.3 is 0 Å². The fourth-order valence-electron chi connectivity index (χ4n) is 3.50. The Bertz CT molecular complexity index is 708. The number of aryl methyl sites for hydroxylation is 1. The van der Waals surface area contributed by atoms with Crippen LogP contribution in [0.15, 0.2) is 48.5 Å². The standard InChI is InChI=1S/C19H21FN2S/c1-14-7-2-3-10-17(14)19(11-4-5-12-19)22-18(23)21-16-9-6-8-15(20)13-16/h2-3,6-10,13H,4-5,11-12H2,1H3,(H2,21,22,23). The first-order valence-corrected chi connectivity index (χ1v) is 8.41. The first kappa shape index (κ1) is 15.9. The molecular weight excluding hydrogens is 307 g/mol. The van der Waals surface area contributed by atoms with Gasteiger partial charge in [0.2, 0.25) is 0 Å². The van der Waals surface area contributed by atoms with Crippen molar-refractivity contribution in [3.05, 3.63) is 65.5 Å². The lowest BCUT2D eigenvalue weighted by Crippen LogP contribution is -2.46. The van der Waals surface area contributed by atoms with Gasteiger partial charge in [-0.2, -0.15) is 0 Å². The number of rotatable bonds is 3. The predicted molar refractivity (Wildman–Crippen MR) is 97.1 cm³/mol. The highest BCUT2D eigenvalue weighted by Gasteiger charge is 2.37. The molecule has 0 radical (unpaired) electrons. The predicted octanol–water partition coefficient (Wildman–Crippen LogP) is 4.89. The van der Waals surface area contributed by atoms with Gasteiger partial charge in [0.1, 0.15) is 5.82 Å². The van der Waals surface area contributed by atoms with Crippen molar-refractivity contribution >= 4 is 23.0 Å². The second-order valence-corrected chi connectivity index (χ2v) is 6.60. The largest absolute Gasteiger partial charge is 0.353 e. The number of thiocarbonyl (C=S) groups is 1. The Morgan fingerprint density at radius 1 is 1.09 bits per heavy atom. The molecule has 23 heavy (non-hydrogen) atoms. The van der Waals surface area contributed by atoms with Crippen molar-refractivity contribution in [2.75, 3.05) is 5.32 Å². The van der Waals surface area contributed by atoms with E-state index in [2.05, 4.69) is 41.8 Å². The Labute approximate surface area is 142 Å². The Hall–Kier alpha value is -1.94. The van der Waals surface area contributed by atoms with Crippen LogP contribution < -0.4 is 10.6 Å². The first-order valence-electron chi connectivity index (χ1n) is 8.00. The van der Waals surface area contributed by atoms with E-state index in [1.54, 1.807) is 6.07 Å². The van der Waals surface area contributed by atoms with Crippen molar-refractivity contribution in [2.24, 2.45) is 0 Å². The number of anilines is 1. The fourth-order valence-corrected chi connectivity index (χ4v) is 3.81. The van der Waals surface area contributed by atoms with E-state index in [4.69, 9.17) is 12.2 Å². The molecule has 0 unspecified atom stereocenters. The summed E-state index contributed by atoms with van der Waals surface area (Å²) in [4.78, 5) is 0. The Kier molecular flexibility index (Phi) is 4.62. The van der Waals surface area contributed by atoms with Gasteiger partial charge in [0.05, 0.1) is 5.54 Å². The van der Waals surface area contributed by atoms with Crippen molar-refractivity contribution in [2.45, 2.75) is 38.1 Å². The quantitative estimate of drug-likeness (QED) is 0.785. The van der Waals surface area contributed by atoms with Gasteiger partial charge in [0.25, 0.3) is 0 Å². The van der Waals surface area contributed by atoms with Crippen LogP contribution in [0.3, 0.4) is 0 Å². The first-order chi connectivity index (χ1) is 11.1. The van der Waals surface area contributed by atoms with E-state index in [-0.39, 0.29) is 11.4 Å². The van der Waals surface area contributed by atoms with Gasteiger partial charge in [-0.25, -0.2) is 4.39 Å². The van der Waals surface area contributed by atoms with Crippen molar-refractivity contribution in [1.82, 2.24) is 5.32 Å². The van der Waals surface area contributed by atoms with Crippen LogP contribution in [-0.2, 0) is 5.54 Å². The maximum Gasteiger partial charge on any atom is 0.171 e. The third kappa shape index (κ3) is 3.53. The van der Waals surface area contributed by atoms with E-state index in [1.165, 1.54) is 36.1 Å². The van der Waals surface area contributed by atoms with Crippen LogP contribution in [0, 0.1) is 12.7 Å². The molecule has 1 fully saturated rings. The summed E-state index contributed by atoms with van der Waals surface area (Å²) in [6, 6.07) is 14.8. The van der Waals surface area contributed by atoms with Crippen molar-refractivity contribution in [3.8, 4) is 0 Å². The Morgan fingerprint density at radius 3 is 2.52 bits per heavy atom. The summed E-state index contributed by atoms with van der Waals surface area (Å²) in [5, 5.41) is 7.16. The van der Waals surface area contributed by atoms with E-state index >= 15 is 0 Å². The summed E-state index contributed by atoms with van der Waals surface area (Å²) >= 11 is 5.49. The van der Waals surface area contributed by atoms with Crippen molar-refractivity contribution in [3.63, 3.8) is 0 Å². The molecule has 4 heteroatoms. The third-order valence-electron chi connectivity index (χ3n) is 4.55. The van der Waals surface area contributed by atoms with E-state index in [9.17, 15) is 4.39 Å². The maximum atomic E-state index is 13.3. The number of hydrogen-bond acceptors (Lipinski definition) is 1. The zero-order valence-corrected chi connectivity index (χ0v) is 14.0. The van der Waals surface area contributed by atoms with Crippen molar-refractivity contribution in [1.29, 1.82) is 0 Å². The number of hydrogen-bond donors (Lipinski definition) is 2. The maximum absolute atomic E-state index is 13.3. The summed E-state index contributed by atoms with van der Waals surface area (Å²) in [6.07, 6.45) is 4.49. The molecule has 0 atom stereocenters. The van der Waals surface area contributed by atoms with Gasteiger partial charge < -0.3 is 10.6 Å². The zero-order valence-electron chi connectivity index (χ0n) is 13.2. The molecule has 3 rings (SSSR count). The van der Waals surface area contributed by atoms with Crippen LogP contribution >= 0.6 is 12.2 Å². The van der Waals surface area contributed by atoms with Gasteiger partial charge in [0, 0.05) is 5.69 Å². The van der Waals surface area contributed by atoms with Gasteiger partial charge in [-0.3, -0.25) is 0 Å². The number of nitrogens with one attached hydrogen (secondary N) is 2. The molecule has 2 nitrogen and oxygen atoms in total. The van der Waals surface area contributed by atoms with Crippen LogP contribution in [0.5, 0.6) is 0 Å². The molecule has 2 aromatic rings. The third-order valence-corrected chi connectivity index (χ3v) is 4.76. The summed E-state index contributed by atoms with van der Waals surface area (Å²) < 4.78 is 13.3. The van der Waals surface area contributed by atoms with Gasteiger partial charge in [-0.15, -0.1) is 0 Å². The second kappa shape index (κ2) is 6.67. The van der Waals surface area contributed by atoms with Crippen LogP contribution in [0.1, 0.15) is 36.8 Å². The zero-order chi connectivity index (χ0) is 16.3. The summed E-state index contributed by atoms with van der Waals surface area (Å²) in [7, 11) is 0. The van der Waals surface area contributed by atoms with Gasteiger partial charge in [-0.1, -0.05) is 43.2 Å². The normalized spacial score (nSPS) is 16.1. The number of benzene rings is 2. The summed E-state index contributed by atoms with van der Waals surface area (Å²) in [5.74, 6) is -0.271. The molecule has 1 aliphatic rings. The lowest BCUT2D eigenvalue weighted by molar-refractivity contribution is 0.406. The molecule has 0 spiro atoms. The smallest absolute Gasteiger partial charge is 0.171 e. The lowest BCUT2D eigenvalue weighted by Gasteiger charge is -2.33. The average molecular weight is 328 g/mol. The molecule has 2 N–H and O–H groups in total. The molecule has 0 bridgehead atoms. The molecule has 2 aromatic carbocycles. The summed E-state index contributed by atoms with van der Waals surface area (Å²) in [6.45, 7) is 2.14. The molecule has 120 valence electrons. The molecule has 0 aliphatic heterocycles. The number of halogens is 1. The SMILES string of the molecule is Cc1ccccc1C1(NC(=S)Nc2cccc(F)c2)CCCC1. The molecule has 1 aliphatic carbocycles. The second-order valence-electron chi connectivity index (χ2n) is 6.19. The highest BCUT2D eigenvalue weighted by atomic mass is 32.1. The monoisotopic (exact) mass is 328 g/mol. The molecule has 0 heterocycles. The van der Waals surface area contributed by atoms with Gasteiger partial charge in [-0.05, 0) is 61.3 Å². The van der Waals surface area contributed by atoms with E-state index in [0.717, 1.165) is 12.8 Å². The highest BCUT2D eigenvalue weighted by molar-refractivity contribution is 7.80. The van der Waals surface area contributed by atoms with Gasteiger partial charge in [0.15, 0.2) is 5.11 Å². The minimum absolute atomic E-state index is 0.122. The van der Waals surface area contributed by atoms with Crippen LogP contribution in [0.25, 0.3) is 0 Å². The molecule has 0 amide bonds. The molecule has 1 saturated carbocycles. The highest BCUT2D eigenvalue weighted by Crippen LogP contribution is 2.40. The van der Waals surface area contributed by atoms with Crippen LogP contribution in [0.4, 0.5) is 10.1 Å². The molecule has 0 saturated heterocycles. The van der Waals surface area contributed by atoms with E-state index in [0.29, 0.717) is 10.8 Å². The molecular formula is C19H21FN2S.